The van der Waals surface area contributed by atoms with Gasteiger partial charge in [-0.15, -0.1) is 0 Å². The van der Waals surface area contributed by atoms with E-state index in [1.54, 1.807) is 6.92 Å². The zero-order valence-corrected chi connectivity index (χ0v) is 21.5. The molecule has 0 saturated heterocycles. The van der Waals surface area contributed by atoms with Crippen molar-refractivity contribution in [1.82, 2.24) is 19.8 Å². The van der Waals surface area contributed by atoms with Gasteiger partial charge in [-0.05, 0) is 44.4 Å². The fourth-order valence-electron chi connectivity index (χ4n) is 4.09. The van der Waals surface area contributed by atoms with Gasteiger partial charge in [-0.1, -0.05) is 11.6 Å². The van der Waals surface area contributed by atoms with Crippen molar-refractivity contribution in [3.63, 3.8) is 0 Å². The SMILES string of the molecule is CNC(=O)CCCCn1c([S+](C)[O-])nc2c(c1=O)C[C@@H](C)N(C(=O)c1ccc(Cl)c(C(F)(F)F)c1)C2. The van der Waals surface area contributed by atoms with Crippen molar-refractivity contribution in [3.8, 4) is 0 Å². The monoisotopic (exact) mass is 546 g/mol. The van der Waals surface area contributed by atoms with Gasteiger partial charge in [0.1, 0.15) is 6.26 Å². The fraction of sp³-hybridized carbons (Fsp3) is 0.478. The summed E-state index contributed by atoms with van der Waals surface area (Å²) in [5.74, 6) is -0.776. The Hall–Kier alpha value is -2.57. The number of rotatable bonds is 7. The standard InChI is InChI=1S/C23H26ClF3N4O4S/c1-13-10-15-18(12-31(13)20(33)14-7-8-17(24)16(11-14)23(25,26)27)29-22(36(3)35)30(21(15)34)9-5-4-6-19(32)28-2/h7-8,11,13H,4-6,9-10,12H2,1-3H3,(H,28,32)/t13-,36?/m1/s1. The van der Waals surface area contributed by atoms with Crippen LogP contribution in [-0.2, 0) is 41.7 Å². The van der Waals surface area contributed by atoms with Gasteiger partial charge in [0.25, 0.3) is 11.5 Å². The van der Waals surface area contributed by atoms with Crippen molar-refractivity contribution in [2.24, 2.45) is 0 Å². The predicted octanol–water partition coefficient (Wildman–Crippen LogP) is 3.16. The highest BCUT2D eigenvalue weighted by molar-refractivity contribution is 7.90. The van der Waals surface area contributed by atoms with Crippen LogP contribution in [0.2, 0.25) is 5.02 Å². The number of carbonyl (C=O) groups is 2. The number of nitrogens with one attached hydrogen (secondary N) is 1. The third-order valence-corrected chi connectivity index (χ3v) is 7.17. The van der Waals surface area contributed by atoms with E-state index < -0.39 is 39.9 Å². The third-order valence-electron chi connectivity index (χ3n) is 6.02. The van der Waals surface area contributed by atoms with Gasteiger partial charge in [0.2, 0.25) is 5.91 Å². The fourth-order valence-corrected chi connectivity index (χ4v) is 5.03. The van der Waals surface area contributed by atoms with Crippen molar-refractivity contribution in [3.05, 3.63) is 56.0 Å². The van der Waals surface area contributed by atoms with Crippen LogP contribution in [0.4, 0.5) is 13.2 Å². The average Bonchev–Trinajstić information content (AvgIpc) is 2.81. The molecule has 0 radical (unpaired) electrons. The smallest absolute Gasteiger partial charge is 0.417 e. The first kappa shape index (κ1) is 28.0. The number of alkyl halides is 3. The molecule has 1 aromatic carbocycles. The Bertz CT molecular complexity index is 1220. The molecular formula is C23H26ClF3N4O4S. The first-order chi connectivity index (χ1) is 16.8. The Morgan fingerprint density at radius 3 is 2.61 bits per heavy atom. The minimum atomic E-state index is -4.72. The molecule has 0 bridgehead atoms. The first-order valence-corrected chi connectivity index (χ1v) is 13.1. The molecule has 2 heterocycles. The summed E-state index contributed by atoms with van der Waals surface area (Å²) < 4.78 is 53.5. The molecule has 2 aromatic rings. The minimum Gasteiger partial charge on any atom is -0.609 e. The summed E-state index contributed by atoms with van der Waals surface area (Å²) in [6.07, 6.45) is -1.88. The van der Waals surface area contributed by atoms with E-state index in [2.05, 4.69) is 10.3 Å². The van der Waals surface area contributed by atoms with E-state index in [0.717, 1.165) is 6.07 Å². The van der Waals surface area contributed by atoms with Crippen LogP contribution in [0, 0.1) is 0 Å². The lowest BCUT2D eigenvalue weighted by molar-refractivity contribution is -0.137. The van der Waals surface area contributed by atoms with E-state index in [1.165, 1.54) is 28.8 Å². The molecule has 0 aliphatic carbocycles. The average molecular weight is 547 g/mol. The molecular weight excluding hydrogens is 521 g/mol. The molecule has 0 fully saturated rings. The molecule has 1 aromatic heterocycles. The summed E-state index contributed by atoms with van der Waals surface area (Å²) in [6, 6.07) is 2.46. The molecule has 1 N–H and O–H groups in total. The quantitative estimate of drug-likeness (QED) is 0.326. The molecule has 2 amide bonds. The topological polar surface area (TPSA) is 107 Å². The minimum absolute atomic E-state index is 0.0477. The Morgan fingerprint density at radius 1 is 1.31 bits per heavy atom. The molecule has 13 heteroatoms. The van der Waals surface area contributed by atoms with E-state index >= 15 is 0 Å². The second-order valence-corrected chi connectivity index (χ2v) is 10.2. The van der Waals surface area contributed by atoms with Crippen LogP contribution in [0.25, 0.3) is 0 Å². The van der Waals surface area contributed by atoms with Gasteiger partial charge in [-0.3, -0.25) is 19.0 Å². The lowest BCUT2D eigenvalue weighted by Gasteiger charge is -2.34. The lowest BCUT2D eigenvalue weighted by Crippen LogP contribution is -2.46. The number of aromatic nitrogens is 2. The van der Waals surface area contributed by atoms with Crippen LogP contribution < -0.4 is 10.9 Å². The second kappa shape index (κ2) is 11.2. The van der Waals surface area contributed by atoms with Crippen molar-refractivity contribution >= 4 is 34.6 Å². The van der Waals surface area contributed by atoms with E-state index in [0.29, 0.717) is 30.9 Å². The van der Waals surface area contributed by atoms with E-state index in [1.807, 2.05) is 0 Å². The number of hydrogen-bond donors (Lipinski definition) is 1. The van der Waals surface area contributed by atoms with E-state index in [9.17, 15) is 32.1 Å². The van der Waals surface area contributed by atoms with Gasteiger partial charge in [0, 0.05) is 48.4 Å². The predicted molar refractivity (Wildman–Crippen MR) is 128 cm³/mol. The molecule has 3 rings (SSSR count). The van der Waals surface area contributed by atoms with Crippen molar-refractivity contribution in [2.45, 2.75) is 63.1 Å². The summed E-state index contributed by atoms with van der Waals surface area (Å²) in [4.78, 5) is 43.6. The van der Waals surface area contributed by atoms with E-state index in [4.69, 9.17) is 11.6 Å². The van der Waals surface area contributed by atoms with Crippen molar-refractivity contribution in [1.29, 1.82) is 0 Å². The van der Waals surface area contributed by atoms with Gasteiger partial charge in [0.05, 0.1) is 22.8 Å². The van der Waals surface area contributed by atoms with Crippen LogP contribution in [0.1, 0.15) is 53.4 Å². The Labute approximate surface area is 214 Å². The van der Waals surface area contributed by atoms with Gasteiger partial charge in [-0.25, -0.2) is 0 Å². The van der Waals surface area contributed by atoms with Gasteiger partial charge < -0.3 is 14.8 Å². The van der Waals surface area contributed by atoms with E-state index in [-0.39, 0.29) is 47.4 Å². The summed E-state index contributed by atoms with van der Waals surface area (Å²) in [5.41, 5.74) is -1.02. The largest absolute Gasteiger partial charge is 0.609 e. The number of hydrogen-bond acceptors (Lipinski definition) is 5. The highest BCUT2D eigenvalue weighted by atomic mass is 35.5. The number of benzene rings is 1. The number of carbonyl (C=O) groups excluding carboxylic acids is 2. The van der Waals surface area contributed by atoms with Crippen LogP contribution in [0.3, 0.4) is 0 Å². The first-order valence-electron chi connectivity index (χ1n) is 11.2. The molecule has 1 unspecified atom stereocenters. The number of nitrogens with zero attached hydrogens (tertiary/aromatic N) is 3. The van der Waals surface area contributed by atoms with Crippen molar-refractivity contribution in [2.75, 3.05) is 13.3 Å². The summed E-state index contributed by atoms with van der Waals surface area (Å²) in [5, 5.41) is 2.06. The van der Waals surface area contributed by atoms with Crippen LogP contribution in [0.5, 0.6) is 0 Å². The number of amides is 2. The molecule has 196 valence electrons. The third kappa shape index (κ3) is 6.04. The van der Waals surface area contributed by atoms with Crippen LogP contribution in [-0.4, -0.2) is 50.2 Å². The number of halogens is 4. The number of fused-ring (bicyclic) bond motifs is 1. The van der Waals surface area contributed by atoms with Crippen LogP contribution >= 0.6 is 11.6 Å². The Morgan fingerprint density at radius 2 is 2.00 bits per heavy atom. The van der Waals surface area contributed by atoms with Crippen LogP contribution in [0.15, 0.2) is 28.2 Å². The molecule has 8 nitrogen and oxygen atoms in total. The zero-order valence-electron chi connectivity index (χ0n) is 19.9. The lowest BCUT2D eigenvalue weighted by atomic mass is 9.98. The maximum atomic E-state index is 13.3. The maximum Gasteiger partial charge on any atom is 0.417 e. The summed E-state index contributed by atoms with van der Waals surface area (Å²) in [6.45, 7) is 1.81. The molecule has 0 saturated carbocycles. The summed E-state index contributed by atoms with van der Waals surface area (Å²) >= 11 is 4.06. The molecule has 36 heavy (non-hydrogen) atoms. The molecule has 1 aliphatic rings. The van der Waals surface area contributed by atoms with Gasteiger partial charge in [-0.2, -0.15) is 18.2 Å². The normalized spacial score (nSPS) is 16.4. The maximum absolute atomic E-state index is 13.3. The Kier molecular flexibility index (Phi) is 8.73. The molecule has 2 atom stereocenters. The second-order valence-electron chi connectivity index (χ2n) is 8.54. The van der Waals surface area contributed by atoms with Crippen molar-refractivity contribution < 1.29 is 27.3 Å². The molecule has 0 spiro atoms. The molecule has 1 aliphatic heterocycles. The van der Waals surface area contributed by atoms with Gasteiger partial charge in [0.15, 0.2) is 0 Å². The Balaban J connectivity index is 1.90. The number of unbranched alkanes of at least 4 members (excludes halogenated alkanes) is 1. The van der Waals surface area contributed by atoms with Gasteiger partial charge >= 0.3 is 11.3 Å². The zero-order chi connectivity index (χ0) is 26.8. The highest BCUT2D eigenvalue weighted by Gasteiger charge is 2.36. The highest BCUT2D eigenvalue weighted by Crippen LogP contribution is 2.35. The summed E-state index contributed by atoms with van der Waals surface area (Å²) in [7, 11) is 1.54.